The highest BCUT2D eigenvalue weighted by Crippen LogP contribution is 2.42. The SMILES string of the molecule is COc1ccc(OC)c(C2=C(Br)C(=O)[C@@H]3C=C[C@H]2O3)c1. The van der Waals surface area contributed by atoms with E-state index < -0.39 is 6.10 Å². The van der Waals surface area contributed by atoms with Gasteiger partial charge in [0.15, 0.2) is 0 Å². The normalized spacial score (nSPS) is 24.2. The number of ketones is 1. The van der Waals surface area contributed by atoms with Crippen LogP contribution in [0.3, 0.4) is 0 Å². The predicted molar refractivity (Wildman–Crippen MR) is 78.2 cm³/mol. The van der Waals surface area contributed by atoms with Crippen molar-refractivity contribution < 1.29 is 19.0 Å². The molecule has 0 N–H and O–H groups in total. The van der Waals surface area contributed by atoms with Crippen LogP contribution in [0, 0.1) is 0 Å². The summed E-state index contributed by atoms with van der Waals surface area (Å²) < 4.78 is 16.8. The Kier molecular flexibility index (Phi) is 3.40. The fourth-order valence-electron chi connectivity index (χ4n) is 2.44. The number of methoxy groups -OCH3 is 2. The molecule has 0 amide bonds. The van der Waals surface area contributed by atoms with Crippen molar-refractivity contribution in [1.29, 1.82) is 0 Å². The fraction of sp³-hybridized carbons (Fsp3) is 0.267. The number of carbonyl (C=O) groups is 1. The van der Waals surface area contributed by atoms with Gasteiger partial charge in [-0.3, -0.25) is 4.79 Å². The van der Waals surface area contributed by atoms with Crippen molar-refractivity contribution in [3.8, 4) is 11.5 Å². The maximum absolute atomic E-state index is 12.2. The molecule has 0 saturated heterocycles. The molecule has 2 bridgehead atoms. The van der Waals surface area contributed by atoms with Crippen LogP contribution < -0.4 is 9.47 Å². The molecule has 3 rings (SSSR count). The third-order valence-corrected chi connectivity index (χ3v) is 4.26. The summed E-state index contributed by atoms with van der Waals surface area (Å²) in [6.07, 6.45) is 2.96. The lowest BCUT2D eigenvalue weighted by atomic mass is 9.97. The number of benzene rings is 1. The van der Waals surface area contributed by atoms with E-state index in [2.05, 4.69) is 15.9 Å². The van der Waals surface area contributed by atoms with Gasteiger partial charge in [-0.2, -0.15) is 0 Å². The van der Waals surface area contributed by atoms with Crippen LogP contribution in [0.1, 0.15) is 5.56 Å². The lowest BCUT2D eigenvalue weighted by molar-refractivity contribution is -0.123. The molecule has 2 aliphatic heterocycles. The van der Waals surface area contributed by atoms with Crippen molar-refractivity contribution in [2.75, 3.05) is 14.2 Å². The Balaban J connectivity index is 2.18. The minimum atomic E-state index is -0.477. The van der Waals surface area contributed by atoms with Gasteiger partial charge in [-0.25, -0.2) is 0 Å². The van der Waals surface area contributed by atoms with Gasteiger partial charge in [0.2, 0.25) is 5.78 Å². The van der Waals surface area contributed by atoms with Crippen LogP contribution >= 0.6 is 15.9 Å². The molecular weight excluding hydrogens is 324 g/mol. The number of carbonyl (C=O) groups excluding carboxylic acids is 1. The number of hydrogen-bond acceptors (Lipinski definition) is 4. The first-order valence-electron chi connectivity index (χ1n) is 6.15. The second kappa shape index (κ2) is 5.07. The molecule has 4 nitrogen and oxygen atoms in total. The zero-order chi connectivity index (χ0) is 14.3. The molecule has 104 valence electrons. The van der Waals surface area contributed by atoms with Crippen LogP contribution in [0.2, 0.25) is 0 Å². The van der Waals surface area contributed by atoms with Crippen molar-refractivity contribution in [2.24, 2.45) is 0 Å². The van der Waals surface area contributed by atoms with E-state index in [1.807, 2.05) is 24.3 Å². The lowest BCUT2D eigenvalue weighted by Crippen LogP contribution is -2.29. The molecule has 0 unspecified atom stereocenters. The molecule has 1 aromatic rings. The van der Waals surface area contributed by atoms with Gasteiger partial charge < -0.3 is 14.2 Å². The van der Waals surface area contributed by atoms with Gasteiger partial charge in [-0.05, 0) is 40.2 Å². The summed E-state index contributed by atoms with van der Waals surface area (Å²) in [5, 5.41) is 0. The smallest absolute Gasteiger partial charge is 0.202 e. The quantitative estimate of drug-likeness (QED) is 0.796. The number of Topliss-reactive ketones (excluding diaryl/α,β-unsaturated/α-hetero) is 1. The molecule has 2 heterocycles. The zero-order valence-corrected chi connectivity index (χ0v) is 12.6. The second-order valence-electron chi connectivity index (χ2n) is 4.52. The van der Waals surface area contributed by atoms with E-state index in [0.29, 0.717) is 16.0 Å². The number of halogens is 1. The van der Waals surface area contributed by atoms with Crippen molar-refractivity contribution in [2.45, 2.75) is 12.2 Å². The summed E-state index contributed by atoms with van der Waals surface area (Å²) in [5.41, 5.74) is 1.57. The molecule has 20 heavy (non-hydrogen) atoms. The van der Waals surface area contributed by atoms with Gasteiger partial charge in [0.1, 0.15) is 23.7 Å². The van der Waals surface area contributed by atoms with E-state index in [0.717, 1.165) is 11.1 Å². The van der Waals surface area contributed by atoms with Crippen LogP contribution in [0.25, 0.3) is 5.57 Å². The Hall–Kier alpha value is -1.59. The standard InChI is InChI=1S/C15H13BrO4/c1-18-8-3-4-10(19-2)9(7-8)13-11-5-6-12(20-11)15(17)14(13)16/h3-7,11-12H,1-2H3/t11-,12+/m1/s1. The van der Waals surface area contributed by atoms with Crippen molar-refractivity contribution in [3.63, 3.8) is 0 Å². The Bertz CT molecular complexity index is 633. The van der Waals surface area contributed by atoms with Gasteiger partial charge in [0, 0.05) is 11.1 Å². The van der Waals surface area contributed by atoms with E-state index in [4.69, 9.17) is 14.2 Å². The molecule has 0 aliphatic carbocycles. The van der Waals surface area contributed by atoms with E-state index in [1.54, 1.807) is 20.3 Å². The topological polar surface area (TPSA) is 44.8 Å². The average Bonchev–Trinajstić information content (AvgIpc) is 2.91. The van der Waals surface area contributed by atoms with Gasteiger partial charge in [-0.15, -0.1) is 0 Å². The highest BCUT2D eigenvalue weighted by Gasteiger charge is 2.38. The van der Waals surface area contributed by atoms with Crippen molar-refractivity contribution >= 4 is 27.3 Å². The number of fused-ring (bicyclic) bond motifs is 2. The summed E-state index contributed by atoms with van der Waals surface area (Å²) in [7, 11) is 3.20. The van der Waals surface area contributed by atoms with Crippen LogP contribution in [0.15, 0.2) is 34.8 Å². The van der Waals surface area contributed by atoms with Crippen LogP contribution in [-0.2, 0) is 9.53 Å². The second-order valence-corrected chi connectivity index (χ2v) is 5.31. The third-order valence-electron chi connectivity index (χ3n) is 3.45. The largest absolute Gasteiger partial charge is 0.497 e. The molecule has 0 saturated carbocycles. The first kappa shape index (κ1) is 13.4. The molecule has 2 atom stereocenters. The van der Waals surface area contributed by atoms with Crippen molar-refractivity contribution in [3.05, 3.63) is 40.4 Å². The lowest BCUT2D eigenvalue weighted by Gasteiger charge is -2.25. The first-order chi connectivity index (χ1) is 9.65. The number of ether oxygens (including phenoxy) is 3. The van der Waals surface area contributed by atoms with Gasteiger partial charge in [0.25, 0.3) is 0 Å². The summed E-state index contributed by atoms with van der Waals surface area (Å²) in [4.78, 5) is 12.2. The monoisotopic (exact) mass is 336 g/mol. The highest BCUT2D eigenvalue weighted by atomic mass is 79.9. The Morgan fingerprint density at radius 3 is 2.60 bits per heavy atom. The molecule has 0 aromatic heterocycles. The minimum absolute atomic E-state index is 0.0742. The van der Waals surface area contributed by atoms with Gasteiger partial charge in [0.05, 0.1) is 18.7 Å². The summed E-state index contributed by atoms with van der Waals surface area (Å²) in [5.74, 6) is 1.30. The van der Waals surface area contributed by atoms with Crippen LogP contribution in [-0.4, -0.2) is 32.2 Å². The molecule has 5 heteroatoms. The predicted octanol–water partition coefficient (Wildman–Crippen LogP) is 2.72. The molecular formula is C15H13BrO4. The average molecular weight is 337 g/mol. The maximum Gasteiger partial charge on any atom is 0.202 e. The summed E-state index contributed by atoms with van der Waals surface area (Å²) in [6.45, 7) is 0. The van der Waals surface area contributed by atoms with Gasteiger partial charge in [-0.1, -0.05) is 6.08 Å². The van der Waals surface area contributed by atoms with Crippen LogP contribution in [0.4, 0.5) is 0 Å². The molecule has 0 spiro atoms. The maximum atomic E-state index is 12.2. The Labute approximate surface area is 125 Å². The molecule has 0 radical (unpaired) electrons. The Morgan fingerprint density at radius 2 is 1.90 bits per heavy atom. The highest BCUT2D eigenvalue weighted by molar-refractivity contribution is 9.12. The first-order valence-corrected chi connectivity index (χ1v) is 6.95. The van der Waals surface area contributed by atoms with E-state index in [9.17, 15) is 4.79 Å². The van der Waals surface area contributed by atoms with Crippen LogP contribution in [0.5, 0.6) is 11.5 Å². The third kappa shape index (κ3) is 1.98. The molecule has 1 aromatic carbocycles. The minimum Gasteiger partial charge on any atom is -0.497 e. The Morgan fingerprint density at radius 1 is 1.15 bits per heavy atom. The van der Waals surface area contributed by atoms with E-state index in [-0.39, 0.29) is 11.9 Å². The van der Waals surface area contributed by atoms with Crippen molar-refractivity contribution in [1.82, 2.24) is 0 Å². The van der Waals surface area contributed by atoms with E-state index in [1.165, 1.54) is 0 Å². The zero-order valence-electron chi connectivity index (χ0n) is 11.1. The molecule has 2 aliphatic rings. The van der Waals surface area contributed by atoms with E-state index >= 15 is 0 Å². The summed E-state index contributed by atoms with van der Waals surface area (Å²) >= 11 is 3.40. The summed E-state index contributed by atoms with van der Waals surface area (Å²) in [6, 6.07) is 5.48. The number of hydrogen-bond donors (Lipinski definition) is 0. The fourth-order valence-corrected chi connectivity index (χ4v) is 3.11. The number of rotatable bonds is 3. The van der Waals surface area contributed by atoms with Gasteiger partial charge >= 0.3 is 0 Å². The molecule has 0 fully saturated rings.